The number of carbonyl (C=O) groups is 2. The van der Waals surface area contributed by atoms with Crippen LogP contribution in [0.25, 0.3) is 0 Å². The molecule has 0 heterocycles. The van der Waals surface area contributed by atoms with Gasteiger partial charge in [-0.05, 0) is 43.3 Å². The monoisotopic (exact) mass is 342 g/mol. The third kappa shape index (κ3) is 5.06. The molecule has 4 N–H and O–H groups in total. The van der Waals surface area contributed by atoms with Crippen molar-refractivity contribution in [3.8, 4) is 5.75 Å². The van der Waals surface area contributed by atoms with Crippen molar-refractivity contribution in [2.75, 3.05) is 19.5 Å². The van der Waals surface area contributed by atoms with Crippen LogP contribution in [0.2, 0.25) is 0 Å². The number of nitrogens with one attached hydrogen (secondary N) is 2. The second kappa shape index (κ2) is 8.30. The molecule has 25 heavy (non-hydrogen) atoms. The molecule has 0 saturated carbocycles. The summed E-state index contributed by atoms with van der Waals surface area (Å²) in [7, 11) is 3.61. The lowest BCUT2D eigenvalue weighted by molar-refractivity contribution is -0.907. The van der Waals surface area contributed by atoms with Gasteiger partial charge in [0.05, 0.1) is 14.2 Å². The number of likely N-dealkylation sites (N-methyl/N-ethyl adjacent to an activating group) is 1. The fraction of sp³-hybridized carbons (Fsp3) is 0.263. The molecule has 2 amide bonds. The Balaban J connectivity index is 1.97. The van der Waals surface area contributed by atoms with E-state index in [1.807, 2.05) is 38.2 Å². The third-order valence-corrected chi connectivity index (χ3v) is 4.19. The Labute approximate surface area is 147 Å². The maximum atomic E-state index is 12.4. The van der Waals surface area contributed by atoms with Gasteiger partial charge in [-0.15, -0.1) is 0 Å². The van der Waals surface area contributed by atoms with E-state index in [-0.39, 0.29) is 11.9 Å². The first-order valence-electron chi connectivity index (χ1n) is 8.06. The van der Waals surface area contributed by atoms with Crippen molar-refractivity contribution in [2.24, 2.45) is 5.73 Å². The van der Waals surface area contributed by atoms with Gasteiger partial charge in [0.1, 0.15) is 12.3 Å². The van der Waals surface area contributed by atoms with Crippen molar-refractivity contribution in [1.29, 1.82) is 0 Å². The number of hydrogen-bond donors (Lipinski definition) is 3. The molecule has 0 saturated heterocycles. The number of benzene rings is 2. The van der Waals surface area contributed by atoms with Crippen LogP contribution in [0.15, 0.2) is 48.5 Å². The lowest BCUT2D eigenvalue weighted by atomic mass is 10.1. The molecule has 0 aromatic heterocycles. The molecule has 0 bridgehead atoms. The van der Waals surface area contributed by atoms with Crippen LogP contribution in [-0.4, -0.2) is 32.0 Å². The fourth-order valence-corrected chi connectivity index (χ4v) is 2.45. The van der Waals surface area contributed by atoms with Gasteiger partial charge in [-0.2, -0.15) is 0 Å². The van der Waals surface area contributed by atoms with E-state index in [0.717, 1.165) is 16.2 Å². The number of hydrogen-bond acceptors (Lipinski definition) is 3. The van der Waals surface area contributed by atoms with Crippen LogP contribution < -0.4 is 20.7 Å². The van der Waals surface area contributed by atoms with Crippen LogP contribution in [0.5, 0.6) is 5.75 Å². The zero-order chi connectivity index (χ0) is 18.4. The molecule has 0 aliphatic carbocycles. The van der Waals surface area contributed by atoms with Gasteiger partial charge in [0.25, 0.3) is 5.91 Å². The third-order valence-electron chi connectivity index (χ3n) is 4.19. The summed E-state index contributed by atoms with van der Waals surface area (Å²) in [5.41, 5.74) is 7.35. The van der Waals surface area contributed by atoms with Gasteiger partial charge < -0.3 is 20.7 Å². The minimum atomic E-state index is -0.492. The maximum absolute atomic E-state index is 12.4. The zero-order valence-corrected chi connectivity index (χ0v) is 14.7. The van der Waals surface area contributed by atoms with Crippen LogP contribution in [0, 0.1) is 0 Å². The molecule has 132 valence electrons. The fourth-order valence-electron chi connectivity index (χ4n) is 2.45. The summed E-state index contributed by atoms with van der Waals surface area (Å²) in [6.07, 6.45) is 0. The summed E-state index contributed by atoms with van der Waals surface area (Å²) in [5, 5.41) is 2.86. The van der Waals surface area contributed by atoms with Crippen LogP contribution in [0.3, 0.4) is 0 Å². The molecule has 6 heteroatoms. The molecule has 2 rings (SSSR count). The Morgan fingerprint density at radius 3 is 2.48 bits per heavy atom. The number of nitrogens with two attached hydrogens (primary N) is 1. The molecule has 2 atom stereocenters. The average Bonchev–Trinajstić information content (AvgIpc) is 2.61. The van der Waals surface area contributed by atoms with Gasteiger partial charge in [-0.1, -0.05) is 12.1 Å². The maximum Gasteiger partial charge on any atom is 0.282 e. The highest BCUT2D eigenvalue weighted by atomic mass is 16.5. The Bertz CT molecular complexity index is 744. The van der Waals surface area contributed by atoms with Gasteiger partial charge >= 0.3 is 0 Å². The molecule has 6 nitrogen and oxygen atoms in total. The quantitative estimate of drug-likeness (QED) is 0.697. The summed E-state index contributed by atoms with van der Waals surface area (Å²) in [5.74, 6) is 0.220. The highest BCUT2D eigenvalue weighted by Crippen LogP contribution is 2.12. The van der Waals surface area contributed by atoms with Crippen molar-refractivity contribution in [1.82, 2.24) is 0 Å². The standard InChI is InChI=1S/C19H23N3O3/c1-13(22(2)12-14-5-4-6-17(11-14)25-3)19(24)21-16-9-7-15(8-10-16)18(20)23/h4-11,13H,12H2,1-3H3,(H2,20,23)(H,21,24)/p+1/t13-/m0/s1. The first-order chi connectivity index (χ1) is 11.9. The minimum Gasteiger partial charge on any atom is -0.497 e. The lowest BCUT2D eigenvalue weighted by Crippen LogP contribution is -3.12. The number of amides is 2. The van der Waals surface area contributed by atoms with Crippen molar-refractivity contribution in [3.05, 3.63) is 59.7 Å². The molecule has 2 aromatic carbocycles. The molecule has 0 aliphatic heterocycles. The van der Waals surface area contributed by atoms with Gasteiger partial charge in [-0.25, -0.2) is 0 Å². The number of ether oxygens (including phenoxy) is 1. The predicted molar refractivity (Wildman–Crippen MR) is 96.6 cm³/mol. The summed E-state index contributed by atoms with van der Waals surface area (Å²) in [6.45, 7) is 2.58. The van der Waals surface area contributed by atoms with Gasteiger partial charge in [-0.3, -0.25) is 9.59 Å². The van der Waals surface area contributed by atoms with Crippen molar-refractivity contribution >= 4 is 17.5 Å². The van der Waals surface area contributed by atoms with Crippen LogP contribution in [0.1, 0.15) is 22.8 Å². The van der Waals surface area contributed by atoms with Crippen molar-refractivity contribution in [3.63, 3.8) is 0 Å². The molecule has 0 aliphatic rings. The number of anilines is 1. The van der Waals surface area contributed by atoms with E-state index < -0.39 is 5.91 Å². The number of carbonyl (C=O) groups excluding carboxylic acids is 2. The number of rotatable bonds is 7. The summed E-state index contributed by atoms with van der Waals surface area (Å²) >= 11 is 0. The van der Waals surface area contributed by atoms with E-state index in [1.165, 1.54) is 0 Å². The largest absolute Gasteiger partial charge is 0.497 e. The number of quaternary nitrogens is 1. The second-order valence-electron chi connectivity index (χ2n) is 6.03. The van der Waals surface area contributed by atoms with E-state index in [0.29, 0.717) is 17.8 Å². The van der Waals surface area contributed by atoms with E-state index in [4.69, 9.17) is 10.5 Å². The molecular formula is C19H24N3O3+. The average molecular weight is 342 g/mol. The van der Waals surface area contributed by atoms with Crippen LogP contribution in [-0.2, 0) is 11.3 Å². The Morgan fingerprint density at radius 1 is 1.20 bits per heavy atom. The Kier molecular flexibility index (Phi) is 6.14. The topological polar surface area (TPSA) is 85.9 Å². The van der Waals surface area contributed by atoms with Crippen molar-refractivity contribution in [2.45, 2.75) is 19.5 Å². The molecule has 0 radical (unpaired) electrons. The summed E-state index contributed by atoms with van der Waals surface area (Å²) in [6, 6.07) is 14.1. The highest BCUT2D eigenvalue weighted by Gasteiger charge is 2.22. The van der Waals surface area contributed by atoms with Gasteiger partial charge in [0, 0.05) is 16.8 Å². The van der Waals surface area contributed by atoms with E-state index in [9.17, 15) is 9.59 Å². The number of primary amides is 1. The Hall–Kier alpha value is -2.86. The van der Waals surface area contributed by atoms with Crippen molar-refractivity contribution < 1.29 is 19.2 Å². The van der Waals surface area contributed by atoms with Gasteiger partial charge in [0.2, 0.25) is 5.91 Å². The Morgan fingerprint density at radius 2 is 1.88 bits per heavy atom. The predicted octanol–water partition coefficient (Wildman–Crippen LogP) is 0.836. The lowest BCUT2D eigenvalue weighted by Gasteiger charge is -2.21. The van der Waals surface area contributed by atoms with Gasteiger partial charge in [0.15, 0.2) is 6.04 Å². The first-order valence-corrected chi connectivity index (χ1v) is 8.06. The minimum absolute atomic E-state index is 0.0905. The first kappa shape index (κ1) is 18.5. The van der Waals surface area contributed by atoms with Crippen LogP contribution >= 0.6 is 0 Å². The summed E-state index contributed by atoms with van der Waals surface area (Å²) in [4.78, 5) is 24.6. The van der Waals surface area contributed by atoms with E-state index in [1.54, 1.807) is 31.4 Å². The molecular weight excluding hydrogens is 318 g/mol. The molecule has 0 spiro atoms. The normalized spacial score (nSPS) is 12.9. The van der Waals surface area contributed by atoms with Crippen LogP contribution in [0.4, 0.5) is 5.69 Å². The number of methoxy groups -OCH3 is 1. The van der Waals surface area contributed by atoms with E-state index in [2.05, 4.69) is 5.32 Å². The molecule has 0 fully saturated rings. The molecule has 1 unspecified atom stereocenters. The smallest absolute Gasteiger partial charge is 0.282 e. The second-order valence-corrected chi connectivity index (χ2v) is 6.03. The SMILES string of the molecule is COc1cccc(C[NH+](C)[C@@H](C)C(=O)Nc2ccc(C(N)=O)cc2)c1. The highest BCUT2D eigenvalue weighted by molar-refractivity contribution is 5.95. The zero-order valence-electron chi connectivity index (χ0n) is 14.7. The van der Waals surface area contributed by atoms with E-state index >= 15 is 0 Å². The molecule has 2 aromatic rings. The summed E-state index contributed by atoms with van der Waals surface area (Å²) < 4.78 is 5.23.